The van der Waals surface area contributed by atoms with E-state index in [1.54, 1.807) is 24.1 Å². The summed E-state index contributed by atoms with van der Waals surface area (Å²) in [4.78, 5) is 33.0. The smallest absolute Gasteiger partial charge is 0.303 e. The van der Waals surface area contributed by atoms with Gasteiger partial charge >= 0.3 is 10.2 Å². The lowest BCUT2D eigenvalue weighted by Gasteiger charge is -2.45. The number of carbonyl (C=O) groups excluding carboxylic acids is 2. The fourth-order valence-electron chi connectivity index (χ4n) is 8.09. The van der Waals surface area contributed by atoms with Crippen molar-refractivity contribution in [1.82, 2.24) is 18.8 Å². The number of benzene rings is 2. The van der Waals surface area contributed by atoms with Gasteiger partial charge in [-0.05, 0) is 104 Å². The van der Waals surface area contributed by atoms with Crippen molar-refractivity contribution < 1.29 is 41.4 Å². The molecule has 16 heteroatoms. The first-order valence-electron chi connectivity index (χ1n) is 19.3. The molecule has 0 aromatic heterocycles. The maximum atomic E-state index is 13.9. The molecule has 2 N–H and O–H groups in total. The number of amides is 2. The third kappa shape index (κ3) is 9.90. The summed E-state index contributed by atoms with van der Waals surface area (Å²) in [6.07, 6.45) is 5.73. The number of nitrogens with one attached hydrogen (secondary N) is 1. The summed E-state index contributed by atoms with van der Waals surface area (Å²) in [7, 11) is -0.205. The highest BCUT2D eigenvalue weighted by molar-refractivity contribution is 7.87. The second kappa shape index (κ2) is 17.2. The molecule has 304 valence electrons. The highest BCUT2D eigenvalue weighted by Crippen LogP contribution is 2.43. The third-order valence-electron chi connectivity index (χ3n) is 11.7. The van der Waals surface area contributed by atoms with E-state index in [1.807, 2.05) is 22.9 Å². The summed E-state index contributed by atoms with van der Waals surface area (Å²) in [5.74, 6) is -3.44. The fourth-order valence-corrected chi connectivity index (χ4v) is 8.87. The van der Waals surface area contributed by atoms with E-state index in [0.717, 1.165) is 60.4 Å². The Bertz CT molecular complexity index is 1810. The lowest BCUT2D eigenvalue weighted by molar-refractivity contribution is -0.148. The van der Waals surface area contributed by atoms with Gasteiger partial charge in [0.05, 0.1) is 37.9 Å². The van der Waals surface area contributed by atoms with Crippen molar-refractivity contribution in [3.05, 3.63) is 58.1 Å². The van der Waals surface area contributed by atoms with Crippen molar-refractivity contribution in [1.29, 1.82) is 0 Å². The first-order valence-corrected chi connectivity index (χ1v) is 21.1. The van der Waals surface area contributed by atoms with Crippen LogP contribution in [0.2, 0.25) is 5.02 Å². The molecule has 1 saturated carbocycles. The summed E-state index contributed by atoms with van der Waals surface area (Å²) in [5.41, 5.74) is 0.222. The van der Waals surface area contributed by atoms with Crippen molar-refractivity contribution in [2.45, 2.75) is 82.0 Å². The number of likely N-dealkylation sites (tertiary alicyclic amines) is 1. The van der Waals surface area contributed by atoms with Crippen LogP contribution in [0, 0.1) is 11.8 Å². The monoisotopic (exact) mass is 809 g/mol. The average molecular weight is 810 g/mol. The largest absolute Gasteiger partial charge is 0.487 e. The van der Waals surface area contributed by atoms with Crippen LogP contribution >= 0.6 is 11.6 Å². The minimum absolute atomic E-state index is 0.0603. The summed E-state index contributed by atoms with van der Waals surface area (Å²) >= 11 is 6.38. The molecule has 2 bridgehead atoms. The van der Waals surface area contributed by atoms with Gasteiger partial charge in [0.15, 0.2) is 5.60 Å². The van der Waals surface area contributed by atoms with Gasteiger partial charge < -0.3 is 24.4 Å². The van der Waals surface area contributed by atoms with E-state index in [0.29, 0.717) is 55.7 Å². The SMILES string of the molecule is CN1CCCC[C@H](OCCN2CC(F)(F)C2)[C@@H]2CC[C@H]2CN2CCCCc3cc(Cl)ccc3COc3ccc(cc32)[C@@](O)(C(=O)NS(=O)(=O)N(C)C)CC1=O. The normalized spacial score (nSPS) is 26.8. The predicted molar refractivity (Wildman–Crippen MR) is 205 cm³/mol. The molecule has 2 fully saturated rings. The van der Waals surface area contributed by atoms with Crippen LogP contribution in [0.15, 0.2) is 36.4 Å². The molecule has 2 aromatic carbocycles. The van der Waals surface area contributed by atoms with E-state index in [2.05, 4.69) is 4.90 Å². The molecule has 3 aliphatic heterocycles. The first-order chi connectivity index (χ1) is 26.0. The van der Waals surface area contributed by atoms with Crippen LogP contribution in [0.3, 0.4) is 0 Å². The van der Waals surface area contributed by atoms with Gasteiger partial charge in [0.1, 0.15) is 12.4 Å². The average Bonchev–Trinajstić information content (AvgIpc) is 3.13. The van der Waals surface area contributed by atoms with Gasteiger partial charge in [-0.2, -0.15) is 12.7 Å². The van der Waals surface area contributed by atoms with Crippen molar-refractivity contribution in [3.63, 3.8) is 0 Å². The van der Waals surface area contributed by atoms with E-state index in [9.17, 15) is 31.9 Å². The zero-order chi connectivity index (χ0) is 39.5. The molecule has 6 rings (SSSR count). The number of aliphatic hydroxyl groups is 1. The molecule has 12 nitrogen and oxygen atoms in total. The van der Waals surface area contributed by atoms with Crippen molar-refractivity contribution in [2.24, 2.45) is 11.8 Å². The maximum Gasteiger partial charge on any atom is 0.303 e. The molecule has 1 aliphatic carbocycles. The quantitative estimate of drug-likeness (QED) is 0.413. The minimum Gasteiger partial charge on any atom is -0.487 e. The van der Waals surface area contributed by atoms with Gasteiger partial charge in [-0.3, -0.25) is 14.5 Å². The molecule has 0 unspecified atom stereocenters. The summed E-state index contributed by atoms with van der Waals surface area (Å²) in [6.45, 7) is 2.15. The molecule has 1 saturated heterocycles. The second-order valence-electron chi connectivity index (χ2n) is 15.8. The van der Waals surface area contributed by atoms with Crippen LogP contribution in [0.1, 0.15) is 68.1 Å². The number of rotatable bonds is 7. The number of fused-ring (bicyclic) bond motifs is 3. The lowest BCUT2D eigenvalue weighted by atomic mass is 9.69. The van der Waals surface area contributed by atoms with Crippen LogP contribution in [0.5, 0.6) is 5.75 Å². The van der Waals surface area contributed by atoms with Crippen molar-refractivity contribution in [3.8, 4) is 5.75 Å². The number of hydrogen-bond acceptors (Lipinski definition) is 9. The van der Waals surface area contributed by atoms with Gasteiger partial charge in [0.25, 0.3) is 11.8 Å². The molecule has 55 heavy (non-hydrogen) atoms. The Labute approximate surface area is 328 Å². The van der Waals surface area contributed by atoms with Crippen LogP contribution in [0.25, 0.3) is 0 Å². The Kier molecular flexibility index (Phi) is 13.0. The standard InChI is InChI=1S/C39H54ClF2N5O7S/c1-44(2)55(51,52)43-37(49)39(50)22-36(48)45(3)16-6-5-9-34(53-19-18-46-25-38(41,42)26-46)32-14-11-28(32)23-47-17-7-4-8-27-20-31(40)13-10-29(27)24-54-35-15-12-30(39)21-33(35)47/h10,12-13,15,20-21,28,32,34,50H,4-9,11,14,16-19,22-26H2,1-3H3,(H,43,49)/t28-,32+,34-,39+/m0/s1. The van der Waals surface area contributed by atoms with E-state index in [4.69, 9.17) is 21.1 Å². The number of carbonyl (C=O) groups is 2. The summed E-state index contributed by atoms with van der Waals surface area (Å²) < 4.78 is 68.5. The number of hydrogen-bond donors (Lipinski definition) is 2. The highest BCUT2D eigenvalue weighted by Gasteiger charge is 2.45. The number of aryl methyl sites for hydroxylation is 1. The van der Waals surface area contributed by atoms with E-state index < -0.39 is 40.0 Å². The molecule has 0 radical (unpaired) electrons. The zero-order valence-electron chi connectivity index (χ0n) is 31.9. The molecule has 4 aliphatic rings. The Morgan fingerprint density at radius 1 is 1.05 bits per heavy atom. The van der Waals surface area contributed by atoms with Gasteiger partial charge in [-0.15, -0.1) is 0 Å². The van der Waals surface area contributed by atoms with E-state index >= 15 is 0 Å². The number of alkyl halides is 2. The van der Waals surface area contributed by atoms with Crippen LogP contribution in [-0.4, -0.2) is 118 Å². The third-order valence-corrected chi connectivity index (χ3v) is 13.3. The molecular weight excluding hydrogens is 756 g/mol. The highest BCUT2D eigenvalue weighted by atomic mass is 35.5. The Morgan fingerprint density at radius 2 is 1.82 bits per heavy atom. The number of ether oxygens (including phenoxy) is 2. The lowest BCUT2D eigenvalue weighted by Crippen LogP contribution is -2.57. The Balaban J connectivity index is 1.37. The van der Waals surface area contributed by atoms with E-state index in [-0.39, 0.29) is 43.2 Å². The number of nitrogens with zero attached hydrogens (tertiary/aromatic N) is 4. The topological polar surface area (TPSA) is 132 Å². The Morgan fingerprint density at radius 3 is 2.53 bits per heavy atom. The van der Waals surface area contributed by atoms with E-state index in [1.165, 1.54) is 25.1 Å². The zero-order valence-corrected chi connectivity index (χ0v) is 33.5. The molecular formula is C39H54ClF2N5O7S. The van der Waals surface area contributed by atoms with Crippen molar-refractivity contribution in [2.75, 3.05) is 71.9 Å². The minimum atomic E-state index is -4.32. The van der Waals surface area contributed by atoms with Crippen molar-refractivity contribution >= 4 is 39.3 Å². The van der Waals surface area contributed by atoms with Gasteiger partial charge in [-0.25, -0.2) is 13.5 Å². The van der Waals surface area contributed by atoms with Gasteiger partial charge in [0, 0.05) is 52.3 Å². The molecule has 0 spiro atoms. The Hall–Kier alpha value is -3.08. The molecule has 3 heterocycles. The number of anilines is 1. The first kappa shape index (κ1) is 41.6. The second-order valence-corrected chi connectivity index (χ2v) is 18.2. The fraction of sp³-hybridized carbons (Fsp3) is 0.641. The molecule has 4 atom stereocenters. The van der Waals surface area contributed by atoms with Crippen LogP contribution in [0.4, 0.5) is 14.5 Å². The summed E-state index contributed by atoms with van der Waals surface area (Å²) in [5, 5.41) is 12.9. The molecule has 2 amide bonds. The number of halogens is 3. The van der Waals surface area contributed by atoms with Gasteiger partial charge in [0.2, 0.25) is 5.91 Å². The van der Waals surface area contributed by atoms with Gasteiger partial charge in [-0.1, -0.05) is 23.7 Å². The predicted octanol–water partition coefficient (Wildman–Crippen LogP) is 4.57. The molecule has 2 aromatic rings. The summed E-state index contributed by atoms with van der Waals surface area (Å²) in [6, 6.07) is 10.6. The maximum absolute atomic E-state index is 13.9. The van der Waals surface area contributed by atoms with Crippen LogP contribution in [-0.2, 0) is 43.2 Å². The van der Waals surface area contributed by atoms with Crippen LogP contribution < -0.4 is 14.4 Å².